The fraction of sp³-hybridized carbons (Fsp3) is 0.231. The van der Waals surface area contributed by atoms with Gasteiger partial charge in [0.05, 0.1) is 11.9 Å². The second kappa shape index (κ2) is 3.93. The predicted octanol–water partition coefficient (Wildman–Crippen LogP) is 2.61. The first-order valence-electron chi connectivity index (χ1n) is 5.21. The average molecular weight is 214 g/mol. The number of nitrogens with zero attached hydrogens (tertiary/aromatic N) is 2. The van der Waals surface area contributed by atoms with Crippen molar-refractivity contribution < 1.29 is 4.79 Å². The lowest BCUT2D eigenvalue weighted by Gasteiger charge is -2.08. The van der Waals surface area contributed by atoms with E-state index in [1.807, 2.05) is 32.9 Å². The molecule has 0 aliphatic heterocycles. The Morgan fingerprint density at radius 1 is 1.25 bits per heavy atom. The van der Waals surface area contributed by atoms with E-state index in [0.29, 0.717) is 0 Å². The normalized spacial score (nSPS) is 10.4. The quantitative estimate of drug-likeness (QED) is 0.720. The predicted molar refractivity (Wildman–Crippen MR) is 63.2 cm³/mol. The molecule has 0 radical (unpaired) electrons. The fourth-order valence-electron chi connectivity index (χ4n) is 2.05. The molecule has 2 aromatic heterocycles. The second-order valence-electron chi connectivity index (χ2n) is 3.87. The summed E-state index contributed by atoms with van der Waals surface area (Å²) in [5, 5.41) is 0. The Morgan fingerprint density at radius 3 is 2.50 bits per heavy atom. The molecule has 2 aromatic rings. The highest BCUT2D eigenvalue weighted by Crippen LogP contribution is 2.23. The number of aldehydes is 1. The molecule has 0 saturated carbocycles. The maximum absolute atomic E-state index is 11.0. The topological polar surface area (TPSA) is 34.9 Å². The lowest BCUT2D eigenvalue weighted by atomic mass is 10.1. The minimum Gasteiger partial charge on any atom is -0.316 e. The Hall–Kier alpha value is -1.90. The van der Waals surface area contributed by atoms with Gasteiger partial charge in [0.15, 0.2) is 6.29 Å². The van der Waals surface area contributed by atoms with Crippen LogP contribution in [0.5, 0.6) is 0 Å². The molecule has 2 heterocycles. The van der Waals surface area contributed by atoms with Gasteiger partial charge >= 0.3 is 0 Å². The van der Waals surface area contributed by atoms with Crippen molar-refractivity contribution in [3.05, 3.63) is 47.0 Å². The molecule has 82 valence electrons. The van der Waals surface area contributed by atoms with Crippen molar-refractivity contribution in [1.82, 2.24) is 9.55 Å². The average Bonchev–Trinajstić information content (AvgIpc) is 2.51. The number of aromatic nitrogens is 2. The fourth-order valence-corrected chi connectivity index (χ4v) is 2.05. The van der Waals surface area contributed by atoms with Gasteiger partial charge in [0.2, 0.25) is 0 Å². The molecule has 0 aliphatic carbocycles. The third-order valence-corrected chi connectivity index (χ3v) is 3.03. The van der Waals surface area contributed by atoms with Crippen molar-refractivity contribution in [1.29, 1.82) is 0 Å². The summed E-state index contributed by atoms with van der Waals surface area (Å²) < 4.78 is 2.06. The highest BCUT2D eigenvalue weighted by atomic mass is 16.1. The summed E-state index contributed by atoms with van der Waals surface area (Å²) in [4.78, 5) is 15.1. The molecule has 0 atom stereocenters. The lowest BCUT2D eigenvalue weighted by Crippen LogP contribution is -1.99. The Labute approximate surface area is 94.7 Å². The lowest BCUT2D eigenvalue weighted by molar-refractivity contribution is 0.112. The number of hydrogen-bond acceptors (Lipinski definition) is 2. The molecule has 0 aromatic carbocycles. The largest absolute Gasteiger partial charge is 0.316 e. The highest BCUT2D eigenvalue weighted by molar-refractivity contribution is 5.80. The minimum absolute atomic E-state index is 0.779. The number of hydrogen-bond donors (Lipinski definition) is 0. The SMILES string of the molecule is Cc1c(C=O)c(C)n(-c2cccnc2)c1C. The van der Waals surface area contributed by atoms with E-state index in [9.17, 15) is 4.79 Å². The molecule has 0 N–H and O–H groups in total. The summed E-state index contributed by atoms with van der Waals surface area (Å²) in [6.45, 7) is 5.94. The third kappa shape index (κ3) is 1.45. The van der Waals surface area contributed by atoms with E-state index in [4.69, 9.17) is 0 Å². The molecular weight excluding hydrogens is 200 g/mol. The number of carbonyl (C=O) groups is 1. The van der Waals surface area contributed by atoms with E-state index in [1.54, 1.807) is 12.4 Å². The van der Waals surface area contributed by atoms with Crippen LogP contribution in [-0.4, -0.2) is 15.8 Å². The zero-order chi connectivity index (χ0) is 11.7. The van der Waals surface area contributed by atoms with Gasteiger partial charge in [-0.15, -0.1) is 0 Å². The van der Waals surface area contributed by atoms with E-state index in [1.165, 1.54) is 0 Å². The molecule has 0 amide bonds. The first-order chi connectivity index (χ1) is 7.66. The summed E-state index contributed by atoms with van der Waals surface area (Å²) in [5.41, 5.74) is 4.87. The molecule has 0 unspecified atom stereocenters. The van der Waals surface area contributed by atoms with Crippen molar-refractivity contribution in [3.63, 3.8) is 0 Å². The first-order valence-corrected chi connectivity index (χ1v) is 5.21. The van der Waals surface area contributed by atoms with Gasteiger partial charge in [-0.3, -0.25) is 9.78 Å². The Bertz CT molecular complexity index is 527. The van der Waals surface area contributed by atoms with Crippen LogP contribution in [0.1, 0.15) is 27.3 Å². The summed E-state index contributed by atoms with van der Waals surface area (Å²) in [6.07, 6.45) is 4.46. The van der Waals surface area contributed by atoms with Gasteiger partial charge in [-0.2, -0.15) is 0 Å². The van der Waals surface area contributed by atoms with E-state index in [2.05, 4.69) is 9.55 Å². The molecule has 0 saturated heterocycles. The van der Waals surface area contributed by atoms with Crippen LogP contribution in [0.25, 0.3) is 5.69 Å². The monoisotopic (exact) mass is 214 g/mol. The van der Waals surface area contributed by atoms with Crippen molar-refractivity contribution in [2.45, 2.75) is 20.8 Å². The maximum atomic E-state index is 11.0. The van der Waals surface area contributed by atoms with Crippen molar-refractivity contribution in [2.24, 2.45) is 0 Å². The molecule has 2 rings (SSSR count). The number of pyridine rings is 1. The minimum atomic E-state index is 0.779. The van der Waals surface area contributed by atoms with Gasteiger partial charge in [0, 0.05) is 23.1 Å². The van der Waals surface area contributed by atoms with Crippen LogP contribution in [0.2, 0.25) is 0 Å². The molecule has 16 heavy (non-hydrogen) atoms. The number of carbonyl (C=O) groups excluding carboxylic acids is 1. The summed E-state index contributed by atoms with van der Waals surface area (Å²) in [7, 11) is 0. The molecule has 3 nitrogen and oxygen atoms in total. The van der Waals surface area contributed by atoms with Gasteiger partial charge in [0.1, 0.15) is 0 Å². The van der Waals surface area contributed by atoms with Crippen LogP contribution in [0, 0.1) is 20.8 Å². The molecule has 0 fully saturated rings. The van der Waals surface area contributed by atoms with Crippen LogP contribution in [-0.2, 0) is 0 Å². The molecular formula is C13H14N2O. The Morgan fingerprint density at radius 2 is 2.00 bits per heavy atom. The second-order valence-corrected chi connectivity index (χ2v) is 3.87. The van der Waals surface area contributed by atoms with E-state index >= 15 is 0 Å². The van der Waals surface area contributed by atoms with Gasteiger partial charge in [-0.05, 0) is 38.5 Å². The Balaban J connectivity index is 2.71. The summed E-state index contributed by atoms with van der Waals surface area (Å²) in [5.74, 6) is 0. The van der Waals surface area contributed by atoms with Crippen molar-refractivity contribution >= 4 is 6.29 Å². The van der Waals surface area contributed by atoms with Gasteiger partial charge in [-0.1, -0.05) is 0 Å². The zero-order valence-corrected chi connectivity index (χ0v) is 9.69. The molecule has 3 heteroatoms. The Kier molecular flexibility index (Phi) is 2.60. The van der Waals surface area contributed by atoms with Crippen LogP contribution >= 0.6 is 0 Å². The third-order valence-electron chi connectivity index (χ3n) is 3.03. The highest BCUT2D eigenvalue weighted by Gasteiger charge is 2.14. The van der Waals surface area contributed by atoms with Crippen LogP contribution < -0.4 is 0 Å². The smallest absolute Gasteiger partial charge is 0.152 e. The van der Waals surface area contributed by atoms with E-state index in [-0.39, 0.29) is 0 Å². The van der Waals surface area contributed by atoms with Gasteiger partial charge < -0.3 is 4.57 Å². The summed E-state index contributed by atoms with van der Waals surface area (Å²) >= 11 is 0. The van der Waals surface area contributed by atoms with Crippen LogP contribution in [0.3, 0.4) is 0 Å². The van der Waals surface area contributed by atoms with E-state index < -0.39 is 0 Å². The van der Waals surface area contributed by atoms with Crippen molar-refractivity contribution in [2.75, 3.05) is 0 Å². The van der Waals surface area contributed by atoms with Gasteiger partial charge in [0.25, 0.3) is 0 Å². The van der Waals surface area contributed by atoms with Crippen LogP contribution in [0.15, 0.2) is 24.5 Å². The van der Waals surface area contributed by atoms with Crippen LogP contribution in [0.4, 0.5) is 0 Å². The molecule has 0 bridgehead atoms. The molecule has 0 spiro atoms. The van der Waals surface area contributed by atoms with E-state index in [0.717, 1.165) is 34.5 Å². The standard InChI is InChI=1S/C13H14N2O/c1-9-10(2)15(11(3)13(9)8-16)12-5-4-6-14-7-12/h4-8H,1-3H3. The summed E-state index contributed by atoms with van der Waals surface area (Å²) in [6, 6.07) is 3.88. The zero-order valence-electron chi connectivity index (χ0n) is 9.69. The first kappa shape index (κ1) is 10.6. The van der Waals surface area contributed by atoms with Gasteiger partial charge in [-0.25, -0.2) is 0 Å². The molecule has 0 aliphatic rings. The van der Waals surface area contributed by atoms with Crippen molar-refractivity contribution in [3.8, 4) is 5.69 Å². The number of rotatable bonds is 2. The maximum Gasteiger partial charge on any atom is 0.152 e.